The molecule has 0 radical (unpaired) electrons. The summed E-state index contributed by atoms with van der Waals surface area (Å²) in [6.45, 7) is 8.57. The summed E-state index contributed by atoms with van der Waals surface area (Å²) in [6.07, 6.45) is 1.23. The van der Waals surface area contributed by atoms with Gasteiger partial charge in [-0.25, -0.2) is 0 Å². The number of hydrogen-bond donors (Lipinski definition) is 2. The fourth-order valence-electron chi connectivity index (χ4n) is 7.52. The van der Waals surface area contributed by atoms with E-state index in [9.17, 15) is 9.59 Å². The first-order valence-electron chi connectivity index (χ1n) is 18.1. The third-order valence-electron chi connectivity index (χ3n) is 10.5. The molecule has 2 aliphatic rings. The summed E-state index contributed by atoms with van der Waals surface area (Å²) in [5, 5.41) is 7.45. The number of aryl methyl sites for hydroxylation is 2. The van der Waals surface area contributed by atoms with Gasteiger partial charge in [-0.05, 0) is 91.4 Å². The van der Waals surface area contributed by atoms with E-state index < -0.39 is 0 Å². The molecule has 4 aromatic carbocycles. The van der Waals surface area contributed by atoms with Gasteiger partial charge in [0.15, 0.2) is 0 Å². The predicted octanol–water partition coefficient (Wildman–Crippen LogP) is 11.3. The van der Waals surface area contributed by atoms with Crippen molar-refractivity contribution in [3.05, 3.63) is 163 Å². The van der Waals surface area contributed by atoms with Crippen LogP contribution in [0, 0.1) is 0 Å². The molecule has 6 nitrogen and oxygen atoms in total. The van der Waals surface area contributed by atoms with Crippen LogP contribution in [0.2, 0.25) is 0 Å². The number of nitrogens with zero attached hydrogens (tertiary/aromatic N) is 2. The van der Waals surface area contributed by atoms with Crippen LogP contribution in [-0.2, 0) is 12.8 Å². The van der Waals surface area contributed by atoms with Gasteiger partial charge in [0, 0.05) is 26.0 Å². The quantitative estimate of drug-likeness (QED) is 0.156. The molecule has 262 valence electrons. The molecule has 4 heterocycles. The maximum absolute atomic E-state index is 14.3. The van der Waals surface area contributed by atoms with Crippen molar-refractivity contribution in [2.24, 2.45) is 0 Å². The number of nitrogens with one attached hydrogen (secondary N) is 2. The summed E-state index contributed by atoms with van der Waals surface area (Å²) in [5.41, 5.74) is 7.44. The van der Waals surface area contributed by atoms with Crippen molar-refractivity contribution in [2.75, 3.05) is 10.6 Å². The van der Waals surface area contributed by atoms with E-state index in [2.05, 4.69) is 92.9 Å². The molecule has 0 fully saturated rings. The van der Waals surface area contributed by atoms with E-state index in [1.165, 1.54) is 9.75 Å². The first kappa shape index (κ1) is 33.9. The van der Waals surface area contributed by atoms with E-state index in [1.807, 2.05) is 76.5 Å². The molecule has 2 aromatic heterocycles. The lowest BCUT2D eigenvalue weighted by molar-refractivity contribution is 0.0592. The number of hydrogen-bond acceptors (Lipinski definition) is 6. The highest BCUT2D eigenvalue weighted by Crippen LogP contribution is 2.46. The van der Waals surface area contributed by atoms with Crippen LogP contribution in [0.5, 0.6) is 0 Å². The highest BCUT2D eigenvalue weighted by molar-refractivity contribution is 7.12. The Labute approximate surface area is 313 Å². The van der Waals surface area contributed by atoms with Crippen LogP contribution >= 0.6 is 22.7 Å². The molecule has 2 aliphatic heterocycles. The molecule has 8 heteroatoms. The van der Waals surface area contributed by atoms with Gasteiger partial charge in [0.1, 0.15) is 12.3 Å². The molecule has 2 N–H and O–H groups in total. The van der Waals surface area contributed by atoms with Crippen molar-refractivity contribution in [2.45, 2.75) is 65.0 Å². The first-order valence-corrected chi connectivity index (χ1v) is 19.7. The van der Waals surface area contributed by atoms with Crippen LogP contribution in [-0.4, -0.2) is 21.6 Å². The van der Waals surface area contributed by atoms with Crippen LogP contribution in [0.1, 0.15) is 103 Å². The van der Waals surface area contributed by atoms with Crippen LogP contribution in [0.4, 0.5) is 11.4 Å². The molecule has 0 saturated heterocycles. The number of benzene rings is 4. The number of thiophene rings is 2. The summed E-state index contributed by atoms with van der Waals surface area (Å²) < 4.78 is 0. The Morgan fingerprint density at radius 2 is 1.12 bits per heavy atom. The van der Waals surface area contributed by atoms with Gasteiger partial charge in [-0.3, -0.25) is 9.59 Å². The molecule has 0 spiro atoms. The van der Waals surface area contributed by atoms with Gasteiger partial charge in [-0.2, -0.15) is 0 Å². The van der Waals surface area contributed by atoms with Gasteiger partial charge in [0.2, 0.25) is 0 Å². The smallest absolute Gasteiger partial charge is 0.258 e. The molecule has 8 rings (SSSR count). The highest BCUT2D eigenvalue weighted by atomic mass is 32.1. The van der Waals surface area contributed by atoms with Crippen LogP contribution < -0.4 is 10.6 Å². The molecule has 0 aliphatic carbocycles. The Morgan fingerprint density at radius 3 is 1.71 bits per heavy atom. The normalized spacial score (nSPS) is 17.9. The Bertz CT molecular complexity index is 2240. The Morgan fingerprint density at radius 1 is 0.577 bits per heavy atom. The fourth-order valence-corrected chi connectivity index (χ4v) is 9.70. The Balaban J connectivity index is 1.16. The highest BCUT2D eigenvalue weighted by Gasteiger charge is 2.39. The number of rotatable bonds is 9. The third-order valence-corrected chi connectivity index (χ3v) is 13.1. The van der Waals surface area contributed by atoms with E-state index >= 15 is 0 Å². The average Bonchev–Trinajstić information content (AvgIpc) is 3.86. The first-order chi connectivity index (χ1) is 25.4. The van der Waals surface area contributed by atoms with Crippen LogP contribution in [0.3, 0.4) is 0 Å². The van der Waals surface area contributed by atoms with Gasteiger partial charge in [0.25, 0.3) is 11.8 Å². The number of para-hydroxylation sites is 2. The van der Waals surface area contributed by atoms with Crippen LogP contribution in [0.25, 0.3) is 11.1 Å². The van der Waals surface area contributed by atoms with Crippen molar-refractivity contribution < 1.29 is 9.59 Å². The maximum atomic E-state index is 14.3. The summed E-state index contributed by atoms with van der Waals surface area (Å²) in [7, 11) is 0. The zero-order chi connectivity index (χ0) is 35.9. The van der Waals surface area contributed by atoms with Crippen molar-refractivity contribution in [1.29, 1.82) is 0 Å². The lowest BCUT2D eigenvalue weighted by Crippen LogP contribution is -2.44. The molecule has 52 heavy (non-hydrogen) atoms. The number of fused-ring (bicyclic) bond motifs is 2. The van der Waals surface area contributed by atoms with Crippen LogP contribution in [0.15, 0.2) is 121 Å². The molecule has 4 atom stereocenters. The maximum Gasteiger partial charge on any atom is 0.258 e. The van der Waals surface area contributed by atoms with E-state index in [4.69, 9.17) is 0 Å². The zero-order valence-electron chi connectivity index (χ0n) is 29.8. The number of amides is 2. The lowest BCUT2D eigenvalue weighted by atomic mass is 9.96. The minimum atomic E-state index is -0.354. The third kappa shape index (κ3) is 5.99. The van der Waals surface area contributed by atoms with E-state index in [0.29, 0.717) is 11.1 Å². The molecular formula is C44H42N4O2S2. The predicted molar refractivity (Wildman–Crippen MR) is 214 cm³/mol. The SMILES string of the molecule is CCc1ccc(C2Nc3ccccc3C(=O)N2[C@H](C)c2ccc(-c3cc(CC)sc3C3Nc4ccccc4C(=O)N3[C@@H](C)c3ccccc3)cc2)s1. The van der Waals surface area contributed by atoms with Gasteiger partial charge < -0.3 is 20.4 Å². The van der Waals surface area contributed by atoms with Gasteiger partial charge >= 0.3 is 0 Å². The van der Waals surface area contributed by atoms with Gasteiger partial charge in [0.05, 0.1) is 28.1 Å². The Hall–Kier alpha value is -5.18. The Kier molecular flexibility index (Phi) is 9.20. The summed E-state index contributed by atoms with van der Waals surface area (Å²) in [4.78, 5) is 37.3. The van der Waals surface area contributed by atoms with Gasteiger partial charge in [-0.15, -0.1) is 22.7 Å². The molecule has 2 unspecified atom stereocenters. The van der Waals surface area contributed by atoms with E-state index in [0.717, 1.165) is 56.2 Å². The van der Waals surface area contributed by atoms with Crippen molar-refractivity contribution >= 4 is 45.9 Å². The summed E-state index contributed by atoms with van der Waals surface area (Å²) in [5.74, 6) is 0.0426. The monoisotopic (exact) mass is 722 g/mol. The molecule has 0 saturated carbocycles. The molecular weight excluding hydrogens is 681 g/mol. The van der Waals surface area contributed by atoms with Gasteiger partial charge in [-0.1, -0.05) is 92.7 Å². The number of anilines is 2. The van der Waals surface area contributed by atoms with Crippen molar-refractivity contribution in [1.82, 2.24) is 9.80 Å². The zero-order valence-corrected chi connectivity index (χ0v) is 31.4. The second kappa shape index (κ2) is 14.1. The van der Waals surface area contributed by atoms with E-state index in [-0.39, 0.29) is 36.2 Å². The number of carbonyl (C=O) groups is 2. The minimum Gasteiger partial charge on any atom is -0.360 e. The number of carbonyl (C=O) groups excluding carboxylic acids is 2. The second-order valence-corrected chi connectivity index (χ2v) is 15.9. The second-order valence-electron chi connectivity index (χ2n) is 13.5. The largest absolute Gasteiger partial charge is 0.360 e. The molecule has 6 aromatic rings. The topological polar surface area (TPSA) is 64.7 Å². The lowest BCUT2D eigenvalue weighted by Gasteiger charge is -2.42. The molecule has 2 amide bonds. The minimum absolute atomic E-state index is 0.0185. The standard InChI is InChI=1S/C44H42N4O2S2/c1-5-32-24-25-39(51-32)41-45-37-18-12-10-16-34(37)43(49)47(41)28(4)30-20-22-31(23-21-30)36-26-33(6-2)52-40(36)42-46-38-19-13-11-17-35(38)44(50)48(42)27(3)29-14-8-7-9-15-29/h7-28,41-42,45-46H,5-6H2,1-4H3/t27-,28+,41?,42?/m0/s1. The van der Waals surface area contributed by atoms with E-state index in [1.54, 1.807) is 22.7 Å². The van der Waals surface area contributed by atoms with Crippen molar-refractivity contribution in [3.63, 3.8) is 0 Å². The summed E-state index contributed by atoms with van der Waals surface area (Å²) >= 11 is 3.53. The molecule has 0 bridgehead atoms. The summed E-state index contributed by atoms with van der Waals surface area (Å²) in [6, 6.07) is 40.8. The average molecular weight is 723 g/mol. The van der Waals surface area contributed by atoms with Crippen molar-refractivity contribution in [3.8, 4) is 11.1 Å². The fraction of sp³-hybridized carbons (Fsp3) is 0.227.